The summed E-state index contributed by atoms with van der Waals surface area (Å²) in [7, 11) is 1.80. The molecule has 8 heteroatoms. The molecule has 0 bridgehead atoms. The highest BCUT2D eigenvalue weighted by Crippen LogP contribution is 2.25. The van der Waals surface area contributed by atoms with E-state index in [4.69, 9.17) is 11.6 Å². The van der Waals surface area contributed by atoms with Crippen molar-refractivity contribution in [3.63, 3.8) is 0 Å². The van der Waals surface area contributed by atoms with E-state index in [1.165, 1.54) is 6.20 Å². The van der Waals surface area contributed by atoms with Crippen molar-refractivity contribution >= 4 is 35.3 Å². The minimum Gasteiger partial charge on any atom is -0.373 e. The highest BCUT2D eigenvalue weighted by atomic mass is 35.5. The molecule has 7 nitrogen and oxygen atoms in total. The Bertz CT molecular complexity index is 892. The van der Waals surface area contributed by atoms with E-state index in [9.17, 15) is 4.79 Å². The molecular formula is C16H15ClN6O. The van der Waals surface area contributed by atoms with Crippen LogP contribution in [0.2, 0.25) is 5.02 Å². The number of hydrogen-bond acceptors (Lipinski definition) is 6. The van der Waals surface area contributed by atoms with Gasteiger partial charge in [0.1, 0.15) is 5.82 Å². The van der Waals surface area contributed by atoms with Crippen molar-refractivity contribution in [2.24, 2.45) is 0 Å². The van der Waals surface area contributed by atoms with Gasteiger partial charge in [0, 0.05) is 30.7 Å². The molecule has 3 aromatic rings. The molecule has 3 rings (SSSR count). The fraction of sp³-hybridized carbons (Fsp3) is 0.125. The Hall–Kier alpha value is -2.93. The summed E-state index contributed by atoms with van der Waals surface area (Å²) in [5, 5.41) is 10.8. The predicted molar refractivity (Wildman–Crippen MR) is 93.6 cm³/mol. The van der Waals surface area contributed by atoms with Gasteiger partial charge in [0.2, 0.25) is 5.95 Å². The SMILES string of the molecule is CNc1cc(C)nc(Nc2ccc(Cl)c(-n3cc(C=O)cn3)c2)n1. The van der Waals surface area contributed by atoms with Crippen LogP contribution in [0.15, 0.2) is 36.7 Å². The first-order valence-corrected chi connectivity index (χ1v) is 7.57. The Morgan fingerprint density at radius 2 is 2.08 bits per heavy atom. The molecule has 0 saturated carbocycles. The largest absolute Gasteiger partial charge is 0.373 e. The third-order valence-corrected chi connectivity index (χ3v) is 3.62. The third-order valence-electron chi connectivity index (χ3n) is 3.30. The molecule has 0 fully saturated rings. The number of anilines is 3. The molecule has 0 aliphatic heterocycles. The van der Waals surface area contributed by atoms with Gasteiger partial charge in [-0.25, -0.2) is 9.67 Å². The summed E-state index contributed by atoms with van der Waals surface area (Å²) in [4.78, 5) is 19.5. The summed E-state index contributed by atoms with van der Waals surface area (Å²) in [6, 6.07) is 7.23. The van der Waals surface area contributed by atoms with Crippen molar-refractivity contribution in [1.29, 1.82) is 0 Å². The predicted octanol–water partition coefficient (Wildman–Crippen LogP) is 3.22. The van der Waals surface area contributed by atoms with Crippen molar-refractivity contribution in [3.05, 3.63) is 52.9 Å². The number of carbonyl (C=O) groups excluding carboxylic acids is 1. The maximum Gasteiger partial charge on any atom is 0.229 e. The number of benzene rings is 1. The fourth-order valence-electron chi connectivity index (χ4n) is 2.18. The Kier molecular flexibility index (Phi) is 4.43. The lowest BCUT2D eigenvalue weighted by Crippen LogP contribution is -2.03. The number of nitrogens with one attached hydrogen (secondary N) is 2. The second-order valence-electron chi connectivity index (χ2n) is 5.10. The Morgan fingerprint density at radius 1 is 1.25 bits per heavy atom. The summed E-state index contributed by atoms with van der Waals surface area (Å²) in [5.74, 6) is 1.20. The van der Waals surface area contributed by atoms with Gasteiger partial charge in [-0.05, 0) is 25.1 Å². The first-order chi connectivity index (χ1) is 11.6. The molecule has 0 saturated heterocycles. The zero-order valence-electron chi connectivity index (χ0n) is 13.1. The highest BCUT2D eigenvalue weighted by Gasteiger charge is 2.08. The average molecular weight is 343 g/mol. The molecule has 0 unspecified atom stereocenters. The van der Waals surface area contributed by atoms with Gasteiger partial charge in [0.05, 0.1) is 22.5 Å². The quantitative estimate of drug-likeness (QED) is 0.692. The smallest absolute Gasteiger partial charge is 0.229 e. The van der Waals surface area contributed by atoms with Crippen LogP contribution in [0.25, 0.3) is 5.69 Å². The van der Waals surface area contributed by atoms with E-state index in [2.05, 4.69) is 25.7 Å². The maximum absolute atomic E-state index is 10.8. The molecule has 2 N–H and O–H groups in total. The van der Waals surface area contributed by atoms with Gasteiger partial charge in [-0.2, -0.15) is 10.1 Å². The number of aryl methyl sites for hydroxylation is 1. The Balaban J connectivity index is 1.94. The fourth-order valence-corrected chi connectivity index (χ4v) is 2.38. The van der Waals surface area contributed by atoms with Gasteiger partial charge in [0.25, 0.3) is 0 Å². The zero-order chi connectivity index (χ0) is 17.1. The molecule has 24 heavy (non-hydrogen) atoms. The van der Waals surface area contributed by atoms with E-state index in [1.807, 2.05) is 25.1 Å². The van der Waals surface area contributed by atoms with Crippen molar-refractivity contribution in [2.45, 2.75) is 6.92 Å². The molecule has 0 spiro atoms. The maximum atomic E-state index is 10.8. The zero-order valence-corrected chi connectivity index (χ0v) is 13.9. The number of hydrogen-bond donors (Lipinski definition) is 2. The van der Waals surface area contributed by atoms with Crippen molar-refractivity contribution in [3.8, 4) is 5.69 Å². The van der Waals surface area contributed by atoms with Crippen LogP contribution in [-0.2, 0) is 0 Å². The molecule has 122 valence electrons. The number of rotatable bonds is 5. The first kappa shape index (κ1) is 15.9. The van der Waals surface area contributed by atoms with E-state index in [-0.39, 0.29) is 0 Å². The molecule has 2 aromatic heterocycles. The van der Waals surface area contributed by atoms with E-state index < -0.39 is 0 Å². The Morgan fingerprint density at radius 3 is 2.79 bits per heavy atom. The summed E-state index contributed by atoms with van der Waals surface area (Å²) in [6.07, 6.45) is 3.83. The van der Waals surface area contributed by atoms with Crippen LogP contribution in [0, 0.1) is 6.92 Å². The lowest BCUT2D eigenvalue weighted by molar-refractivity contribution is 0.112. The van der Waals surface area contributed by atoms with Gasteiger partial charge < -0.3 is 10.6 Å². The molecule has 1 aromatic carbocycles. The lowest BCUT2D eigenvalue weighted by Gasteiger charge is -2.10. The van der Waals surface area contributed by atoms with E-state index in [1.54, 1.807) is 24.0 Å². The van der Waals surface area contributed by atoms with Gasteiger partial charge in [-0.15, -0.1) is 0 Å². The van der Waals surface area contributed by atoms with Crippen LogP contribution >= 0.6 is 11.6 Å². The van der Waals surface area contributed by atoms with Crippen molar-refractivity contribution in [1.82, 2.24) is 19.7 Å². The normalized spacial score (nSPS) is 10.5. The van der Waals surface area contributed by atoms with Gasteiger partial charge in [-0.1, -0.05) is 11.6 Å². The Labute approximate surface area is 143 Å². The summed E-state index contributed by atoms with van der Waals surface area (Å²) in [6.45, 7) is 1.89. The number of halogens is 1. The third kappa shape index (κ3) is 3.36. The van der Waals surface area contributed by atoms with E-state index in [0.717, 1.165) is 23.5 Å². The second-order valence-corrected chi connectivity index (χ2v) is 5.50. The molecule has 0 aliphatic carbocycles. The minimum atomic E-state index is 0.474. The minimum absolute atomic E-state index is 0.474. The van der Waals surface area contributed by atoms with Crippen LogP contribution in [0.4, 0.5) is 17.5 Å². The van der Waals surface area contributed by atoms with Crippen LogP contribution < -0.4 is 10.6 Å². The molecule has 2 heterocycles. The molecule has 0 radical (unpaired) electrons. The number of aromatic nitrogens is 4. The number of carbonyl (C=O) groups is 1. The molecular weight excluding hydrogens is 328 g/mol. The highest BCUT2D eigenvalue weighted by molar-refractivity contribution is 6.32. The summed E-state index contributed by atoms with van der Waals surface area (Å²) in [5.41, 5.74) is 2.72. The average Bonchev–Trinajstić information content (AvgIpc) is 3.05. The van der Waals surface area contributed by atoms with Crippen LogP contribution in [0.1, 0.15) is 16.1 Å². The topological polar surface area (TPSA) is 84.7 Å². The lowest BCUT2D eigenvalue weighted by atomic mass is 10.2. The summed E-state index contributed by atoms with van der Waals surface area (Å²) < 4.78 is 1.55. The number of nitrogens with zero attached hydrogens (tertiary/aromatic N) is 4. The van der Waals surface area contributed by atoms with E-state index in [0.29, 0.717) is 22.2 Å². The van der Waals surface area contributed by atoms with Crippen LogP contribution in [-0.4, -0.2) is 33.1 Å². The van der Waals surface area contributed by atoms with Crippen LogP contribution in [0.3, 0.4) is 0 Å². The standard InChI is InChI=1S/C16H15ClN6O/c1-10-5-15(18-2)22-16(20-10)21-12-3-4-13(17)14(6-12)23-8-11(9-24)7-19-23/h3-9H,1-2H3,(H2,18,20,21,22). The molecule has 0 atom stereocenters. The monoisotopic (exact) mass is 342 g/mol. The number of aldehydes is 1. The summed E-state index contributed by atoms with van der Waals surface area (Å²) >= 11 is 6.24. The molecule has 0 aliphatic rings. The first-order valence-electron chi connectivity index (χ1n) is 7.19. The van der Waals surface area contributed by atoms with Gasteiger partial charge >= 0.3 is 0 Å². The molecule has 0 amide bonds. The van der Waals surface area contributed by atoms with Crippen LogP contribution in [0.5, 0.6) is 0 Å². The van der Waals surface area contributed by atoms with Crippen molar-refractivity contribution in [2.75, 3.05) is 17.7 Å². The van der Waals surface area contributed by atoms with E-state index >= 15 is 0 Å². The van der Waals surface area contributed by atoms with Crippen molar-refractivity contribution < 1.29 is 4.79 Å². The van der Waals surface area contributed by atoms with Gasteiger partial charge in [-0.3, -0.25) is 4.79 Å². The second kappa shape index (κ2) is 6.67. The van der Waals surface area contributed by atoms with Gasteiger partial charge in [0.15, 0.2) is 6.29 Å².